The number of phosphoric acid groups is 2. The molecule has 0 bridgehead atoms. The summed E-state index contributed by atoms with van der Waals surface area (Å²) in [5.74, 6) is -1.65. The van der Waals surface area contributed by atoms with Crippen LogP contribution in [0.1, 0.15) is 278 Å². The SMILES string of the molecule is CC/C=C\C/C=C\C/C=C\C/C=C\C/C=C\CCCCCC(=O)OCC(COP(=O)(O)OCC(O)COP(=O)(O)OCC(O)COC(=O)CCCCCCCCCCCCC/C=C\C/C=C\C/C=C\C/C=C\CCCCC)OC(=O)CCCCCC/C=C\C/C=C\C/C=C\C/C=C\CC. The van der Waals surface area contributed by atoms with Gasteiger partial charge in [0.2, 0.25) is 0 Å². The smallest absolute Gasteiger partial charge is 0.463 e. The van der Waals surface area contributed by atoms with E-state index in [0.717, 1.165) is 148 Å². The van der Waals surface area contributed by atoms with Crippen molar-refractivity contribution in [3.63, 3.8) is 0 Å². The number of aliphatic hydroxyl groups excluding tert-OH is 2. The highest BCUT2D eigenvalue weighted by Crippen LogP contribution is 2.45. The second-order valence-corrected chi connectivity index (χ2v) is 27.6. The van der Waals surface area contributed by atoms with E-state index in [0.29, 0.717) is 19.3 Å². The van der Waals surface area contributed by atoms with Crippen LogP contribution in [0.2, 0.25) is 0 Å². The van der Waals surface area contributed by atoms with Crippen molar-refractivity contribution in [2.24, 2.45) is 0 Å². The number of unbranched alkanes of at least 4 members (excludes halogenated alkanes) is 21. The van der Waals surface area contributed by atoms with Gasteiger partial charge in [-0.1, -0.05) is 269 Å². The van der Waals surface area contributed by atoms with Gasteiger partial charge in [-0.25, -0.2) is 9.13 Å². The average molecular weight is 1430 g/mol. The summed E-state index contributed by atoms with van der Waals surface area (Å²) in [6.07, 6.45) is 90.0. The molecule has 0 saturated carbocycles. The van der Waals surface area contributed by atoms with Crippen LogP contribution in [0.25, 0.3) is 0 Å². The van der Waals surface area contributed by atoms with Crippen LogP contribution in [-0.4, -0.2) is 95.9 Å². The lowest BCUT2D eigenvalue weighted by Crippen LogP contribution is -2.30. The maximum atomic E-state index is 13.0. The highest BCUT2D eigenvalue weighted by atomic mass is 31.2. The largest absolute Gasteiger partial charge is 0.472 e. The van der Waals surface area contributed by atoms with Crippen LogP contribution < -0.4 is 0 Å². The minimum Gasteiger partial charge on any atom is -0.463 e. The molecule has 0 heterocycles. The minimum absolute atomic E-state index is 0.0630. The Morgan fingerprint density at radius 1 is 0.293 bits per heavy atom. The van der Waals surface area contributed by atoms with Crippen molar-refractivity contribution >= 4 is 33.6 Å². The Balaban J connectivity index is 4.64. The first-order chi connectivity index (χ1) is 48.2. The summed E-state index contributed by atoms with van der Waals surface area (Å²) < 4.78 is 61.0. The fourth-order valence-electron chi connectivity index (χ4n) is 9.51. The van der Waals surface area contributed by atoms with Gasteiger partial charge in [-0.15, -0.1) is 0 Å². The minimum atomic E-state index is -4.95. The topological polar surface area (TPSA) is 231 Å². The van der Waals surface area contributed by atoms with Gasteiger partial charge in [0.25, 0.3) is 0 Å². The molecule has 0 amide bonds. The molecule has 5 atom stereocenters. The van der Waals surface area contributed by atoms with Gasteiger partial charge in [-0.05, 0) is 148 Å². The number of phosphoric ester groups is 2. The van der Waals surface area contributed by atoms with E-state index >= 15 is 0 Å². The van der Waals surface area contributed by atoms with Crippen LogP contribution in [0.3, 0.4) is 0 Å². The molecule has 0 rings (SSSR count). The number of aliphatic hydroxyl groups is 2. The molecule has 16 nitrogen and oxygen atoms in total. The molecule has 0 aliphatic carbocycles. The van der Waals surface area contributed by atoms with Gasteiger partial charge < -0.3 is 34.2 Å². The van der Waals surface area contributed by atoms with Gasteiger partial charge in [0.1, 0.15) is 25.4 Å². The van der Waals surface area contributed by atoms with E-state index < -0.39 is 91.5 Å². The van der Waals surface area contributed by atoms with Gasteiger partial charge in [-0.3, -0.25) is 32.5 Å². The maximum absolute atomic E-state index is 13.0. The second-order valence-electron chi connectivity index (χ2n) is 24.7. The summed E-state index contributed by atoms with van der Waals surface area (Å²) in [5, 5.41) is 20.6. The summed E-state index contributed by atoms with van der Waals surface area (Å²) in [6, 6.07) is 0. The monoisotopic (exact) mass is 1420 g/mol. The van der Waals surface area contributed by atoms with Crippen LogP contribution in [0.15, 0.2) is 158 Å². The van der Waals surface area contributed by atoms with E-state index in [9.17, 15) is 43.5 Å². The number of carbonyl (C=O) groups excluding carboxylic acids is 3. The van der Waals surface area contributed by atoms with Gasteiger partial charge in [0, 0.05) is 19.3 Å². The first-order valence-electron chi connectivity index (χ1n) is 37.8. The number of hydrogen-bond acceptors (Lipinski definition) is 14. The second kappa shape index (κ2) is 72.9. The Labute approximate surface area is 600 Å². The van der Waals surface area contributed by atoms with E-state index in [1.807, 2.05) is 0 Å². The van der Waals surface area contributed by atoms with Crippen molar-refractivity contribution < 1.29 is 75.8 Å². The molecule has 5 unspecified atom stereocenters. The summed E-state index contributed by atoms with van der Waals surface area (Å²) in [4.78, 5) is 58.6. The predicted octanol–water partition coefficient (Wildman–Crippen LogP) is 21.9. The first-order valence-corrected chi connectivity index (χ1v) is 40.8. The zero-order chi connectivity index (χ0) is 72.3. The number of allylic oxidation sites excluding steroid dienone is 26. The first kappa shape index (κ1) is 94.2. The maximum Gasteiger partial charge on any atom is 0.472 e. The zero-order valence-corrected chi connectivity index (χ0v) is 63.1. The molecule has 99 heavy (non-hydrogen) atoms. The van der Waals surface area contributed by atoms with E-state index in [4.69, 9.17) is 32.3 Å². The molecule has 4 N–H and O–H groups in total. The lowest BCUT2D eigenvalue weighted by molar-refractivity contribution is -0.161. The third-order valence-electron chi connectivity index (χ3n) is 15.2. The van der Waals surface area contributed by atoms with Crippen molar-refractivity contribution in [1.29, 1.82) is 0 Å². The molecule has 0 spiro atoms. The number of esters is 3. The van der Waals surface area contributed by atoms with E-state index in [1.54, 1.807) is 0 Å². The average Bonchev–Trinajstić information content (AvgIpc) is 3.78. The van der Waals surface area contributed by atoms with Crippen molar-refractivity contribution in [2.75, 3.05) is 39.6 Å². The number of rotatable bonds is 70. The summed E-state index contributed by atoms with van der Waals surface area (Å²) >= 11 is 0. The third kappa shape index (κ3) is 74.2. The molecule has 564 valence electrons. The van der Waals surface area contributed by atoms with Gasteiger partial charge in [-0.2, -0.15) is 0 Å². The molecule has 0 radical (unpaired) electrons. The van der Waals surface area contributed by atoms with Crippen molar-refractivity contribution in [3.8, 4) is 0 Å². The van der Waals surface area contributed by atoms with Crippen LogP contribution in [0.4, 0.5) is 0 Å². The number of ether oxygens (including phenoxy) is 3. The standard InChI is InChI=1S/C81H134O16P2/c1-4-7-10-13-16-19-22-25-28-31-33-34-35-36-37-38-39-40-42-45-46-49-52-55-58-61-64-67-79(84)91-70-76(82)71-93-98(87,88)94-72-77(83)73-95-99(89,90)96-75-78(97-81(86)69-66-63-60-57-54-51-48-43-30-27-24-21-18-15-12-9-6-3)74-92-80(85)68-65-62-59-56-53-50-47-44-41-32-29-26-23-20-17-14-11-8-5-2/h8-9,11-12,16-21,25-30,33-34,36-37,41,44,48,50-51,53,76-78,82-83H,4-7,10,13-15,22-24,31-32,35,38-40,42-43,45-47,49,52,54-75H2,1-3H3,(H,87,88)(H,89,90)/b11-8-,12-9-,19-16-,20-17-,21-18-,28-25-,29-26-,30-27-,34-33-,37-36-,44-41-,51-48-,53-50-. The Hall–Kier alpha value is -4.83. The molecular formula is C81H134O16P2. The molecule has 0 saturated heterocycles. The normalized spacial score (nSPS) is 14.9. The highest BCUT2D eigenvalue weighted by molar-refractivity contribution is 7.47. The van der Waals surface area contributed by atoms with E-state index in [1.165, 1.54) is 70.6 Å². The lowest BCUT2D eigenvalue weighted by atomic mass is 10.0. The van der Waals surface area contributed by atoms with Crippen molar-refractivity contribution in [2.45, 2.75) is 296 Å². The van der Waals surface area contributed by atoms with E-state index in [2.05, 4.69) is 179 Å². The zero-order valence-electron chi connectivity index (χ0n) is 61.4. The Bertz CT molecular complexity index is 2430. The summed E-state index contributed by atoms with van der Waals surface area (Å²) in [6.45, 7) is 2.33. The van der Waals surface area contributed by atoms with Gasteiger partial charge in [0.05, 0.1) is 26.4 Å². The quantitative estimate of drug-likeness (QED) is 0.0146. The van der Waals surface area contributed by atoms with Crippen LogP contribution in [0.5, 0.6) is 0 Å². The Morgan fingerprint density at radius 3 is 0.859 bits per heavy atom. The lowest BCUT2D eigenvalue weighted by Gasteiger charge is -2.21. The fourth-order valence-corrected chi connectivity index (χ4v) is 11.1. The third-order valence-corrected chi connectivity index (χ3v) is 17.1. The molecule has 0 aromatic carbocycles. The van der Waals surface area contributed by atoms with Crippen LogP contribution >= 0.6 is 15.6 Å². The van der Waals surface area contributed by atoms with Crippen molar-refractivity contribution in [1.82, 2.24) is 0 Å². The fraction of sp³-hybridized carbons (Fsp3) is 0.642. The molecular weight excluding hydrogens is 1290 g/mol. The van der Waals surface area contributed by atoms with Crippen LogP contribution in [0, 0.1) is 0 Å². The van der Waals surface area contributed by atoms with Gasteiger partial charge in [0.15, 0.2) is 6.10 Å². The molecule has 0 aromatic heterocycles. The predicted molar refractivity (Wildman–Crippen MR) is 408 cm³/mol. The Morgan fingerprint density at radius 2 is 0.535 bits per heavy atom. The molecule has 0 aliphatic rings. The molecule has 0 fully saturated rings. The van der Waals surface area contributed by atoms with E-state index in [-0.39, 0.29) is 19.3 Å². The molecule has 0 aliphatic heterocycles. The number of carbonyl (C=O) groups is 3. The summed E-state index contributed by atoms with van der Waals surface area (Å²) in [7, 11) is -9.82. The summed E-state index contributed by atoms with van der Waals surface area (Å²) in [5.41, 5.74) is 0. The Kier molecular flexibility index (Phi) is 69.4. The highest BCUT2D eigenvalue weighted by Gasteiger charge is 2.29. The number of hydrogen-bond donors (Lipinski definition) is 4. The molecule has 0 aromatic rings. The van der Waals surface area contributed by atoms with Crippen LogP contribution in [-0.2, 0) is 55.8 Å². The molecule has 18 heteroatoms. The van der Waals surface area contributed by atoms with Gasteiger partial charge >= 0.3 is 33.6 Å². The van der Waals surface area contributed by atoms with Crippen molar-refractivity contribution in [3.05, 3.63) is 158 Å².